The Morgan fingerprint density at radius 1 is 1.28 bits per heavy atom. The molecule has 0 aliphatic heterocycles. The number of nitrogens with one attached hydrogen (secondary N) is 1. The van der Waals surface area contributed by atoms with Crippen LogP contribution < -0.4 is 10.1 Å². The van der Waals surface area contributed by atoms with Crippen molar-refractivity contribution in [3.63, 3.8) is 0 Å². The molecular formula is C17H20FN3O4. The lowest BCUT2D eigenvalue weighted by molar-refractivity contribution is -0.155. The van der Waals surface area contributed by atoms with Gasteiger partial charge in [-0.05, 0) is 45.0 Å². The monoisotopic (exact) mass is 349 g/mol. The molecule has 1 N–H and O–H groups in total. The van der Waals surface area contributed by atoms with Gasteiger partial charge < -0.3 is 14.8 Å². The van der Waals surface area contributed by atoms with Crippen molar-refractivity contribution < 1.29 is 23.5 Å². The van der Waals surface area contributed by atoms with Crippen LogP contribution in [0.25, 0.3) is 0 Å². The highest BCUT2D eigenvalue weighted by Gasteiger charge is 2.21. The standard InChI is InChI=1S/C17H20FN3O4/c1-10-16(11(2)21(4)20-10)19-17(23)12(3)25-15(22)9-24-14-7-5-13(18)6-8-14/h5-8,12H,9H2,1-4H3,(H,19,23)/t12-/m0/s1. The Balaban J connectivity index is 1.85. The summed E-state index contributed by atoms with van der Waals surface area (Å²) in [6.45, 7) is 4.68. The quantitative estimate of drug-likeness (QED) is 0.808. The van der Waals surface area contributed by atoms with E-state index in [2.05, 4.69) is 10.4 Å². The Kier molecular flexibility index (Phi) is 5.74. The van der Waals surface area contributed by atoms with Crippen LogP contribution >= 0.6 is 0 Å². The summed E-state index contributed by atoms with van der Waals surface area (Å²) in [5, 5.41) is 6.90. The molecule has 0 spiro atoms. The van der Waals surface area contributed by atoms with Gasteiger partial charge in [0.25, 0.3) is 5.91 Å². The number of amides is 1. The summed E-state index contributed by atoms with van der Waals surface area (Å²) in [5.41, 5.74) is 2.06. The maximum Gasteiger partial charge on any atom is 0.344 e. The second kappa shape index (κ2) is 7.78. The van der Waals surface area contributed by atoms with E-state index in [1.165, 1.54) is 31.2 Å². The fourth-order valence-corrected chi connectivity index (χ4v) is 2.14. The highest BCUT2D eigenvalue weighted by atomic mass is 19.1. The predicted octanol–water partition coefficient (Wildman–Crippen LogP) is 2.13. The van der Waals surface area contributed by atoms with Crippen LogP contribution in [0.4, 0.5) is 10.1 Å². The van der Waals surface area contributed by atoms with Crippen molar-refractivity contribution in [1.29, 1.82) is 0 Å². The molecule has 0 aliphatic rings. The second-order valence-corrected chi connectivity index (χ2v) is 5.53. The fourth-order valence-electron chi connectivity index (χ4n) is 2.14. The van der Waals surface area contributed by atoms with Gasteiger partial charge in [0.15, 0.2) is 12.7 Å². The van der Waals surface area contributed by atoms with Crippen LogP contribution in [0.15, 0.2) is 24.3 Å². The largest absolute Gasteiger partial charge is 0.482 e. The van der Waals surface area contributed by atoms with Crippen LogP contribution in [0.2, 0.25) is 0 Å². The molecular weight excluding hydrogens is 329 g/mol. The van der Waals surface area contributed by atoms with Gasteiger partial charge in [-0.2, -0.15) is 5.10 Å². The lowest BCUT2D eigenvalue weighted by Gasteiger charge is -2.14. The van der Waals surface area contributed by atoms with Crippen LogP contribution in [0.5, 0.6) is 5.75 Å². The number of benzene rings is 1. The Bertz CT molecular complexity index is 771. The topological polar surface area (TPSA) is 82.5 Å². The zero-order valence-electron chi connectivity index (χ0n) is 14.5. The molecule has 1 aromatic heterocycles. The number of hydrogen-bond donors (Lipinski definition) is 1. The minimum Gasteiger partial charge on any atom is -0.482 e. The normalized spacial score (nSPS) is 11.7. The lowest BCUT2D eigenvalue weighted by atomic mass is 10.3. The molecule has 0 radical (unpaired) electrons. The molecule has 8 heteroatoms. The molecule has 1 atom stereocenters. The number of carbonyl (C=O) groups excluding carboxylic acids is 2. The summed E-state index contributed by atoms with van der Waals surface area (Å²) in [5.74, 6) is -1.24. The first-order chi connectivity index (χ1) is 11.8. The van der Waals surface area contributed by atoms with Gasteiger partial charge in [0.2, 0.25) is 0 Å². The van der Waals surface area contributed by atoms with Gasteiger partial charge in [-0.25, -0.2) is 9.18 Å². The Labute approximate surface area is 144 Å². The van der Waals surface area contributed by atoms with E-state index < -0.39 is 23.8 Å². The highest BCUT2D eigenvalue weighted by Crippen LogP contribution is 2.18. The van der Waals surface area contributed by atoms with Crippen molar-refractivity contribution in [3.8, 4) is 5.75 Å². The van der Waals surface area contributed by atoms with Gasteiger partial charge in [-0.1, -0.05) is 0 Å². The summed E-state index contributed by atoms with van der Waals surface area (Å²) in [6.07, 6.45) is -0.997. The first-order valence-corrected chi connectivity index (χ1v) is 7.67. The molecule has 0 saturated carbocycles. The first-order valence-electron chi connectivity index (χ1n) is 7.67. The average Bonchev–Trinajstić information content (AvgIpc) is 2.80. The molecule has 0 bridgehead atoms. The molecule has 0 aliphatic carbocycles. The summed E-state index contributed by atoms with van der Waals surface area (Å²) >= 11 is 0. The number of rotatable bonds is 6. The molecule has 0 fully saturated rings. The number of aromatic nitrogens is 2. The van der Waals surface area contributed by atoms with Crippen LogP contribution in [-0.4, -0.2) is 34.4 Å². The molecule has 2 aromatic rings. The van der Waals surface area contributed by atoms with E-state index in [0.29, 0.717) is 17.1 Å². The fraction of sp³-hybridized carbons (Fsp3) is 0.353. The molecule has 7 nitrogen and oxygen atoms in total. The Hall–Kier alpha value is -2.90. The van der Waals surface area contributed by atoms with Crippen molar-refractivity contribution in [2.24, 2.45) is 7.05 Å². The number of carbonyl (C=O) groups is 2. The number of aryl methyl sites for hydroxylation is 2. The molecule has 1 amide bonds. The summed E-state index contributed by atoms with van der Waals surface area (Å²) in [6, 6.07) is 5.23. The van der Waals surface area contributed by atoms with Crippen molar-refractivity contribution in [2.45, 2.75) is 26.9 Å². The van der Waals surface area contributed by atoms with Gasteiger partial charge >= 0.3 is 5.97 Å². The van der Waals surface area contributed by atoms with E-state index >= 15 is 0 Å². The third kappa shape index (κ3) is 4.79. The minimum atomic E-state index is -0.997. The van der Waals surface area contributed by atoms with Crippen LogP contribution in [-0.2, 0) is 21.4 Å². The van der Waals surface area contributed by atoms with Crippen molar-refractivity contribution in [1.82, 2.24) is 9.78 Å². The van der Waals surface area contributed by atoms with Gasteiger partial charge in [-0.3, -0.25) is 9.48 Å². The molecule has 1 aromatic carbocycles. The average molecular weight is 349 g/mol. The number of halogens is 1. The predicted molar refractivity (Wildman–Crippen MR) is 88.8 cm³/mol. The molecule has 0 saturated heterocycles. The number of nitrogens with zero attached hydrogens (tertiary/aromatic N) is 2. The number of anilines is 1. The van der Waals surface area contributed by atoms with Crippen molar-refractivity contribution >= 4 is 17.6 Å². The number of ether oxygens (including phenoxy) is 2. The van der Waals surface area contributed by atoms with E-state index in [1.54, 1.807) is 18.7 Å². The first kappa shape index (κ1) is 18.4. The molecule has 25 heavy (non-hydrogen) atoms. The van der Waals surface area contributed by atoms with Gasteiger partial charge in [-0.15, -0.1) is 0 Å². The molecule has 0 unspecified atom stereocenters. The van der Waals surface area contributed by atoms with Crippen LogP contribution in [0, 0.1) is 19.7 Å². The van der Waals surface area contributed by atoms with Crippen molar-refractivity contribution in [3.05, 3.63) is 41.5 Å². The number of esters is 1. The Morgan fingerprint density at radius 2 is 1.92 bits per heavy atom. The van der Waals surface area contributed by atoms with Crippen LogP contribution in [0.1, 0.15) is 18.3 Å². The summed E-state index contributed by atoms with van der Waals surface area (Å²) < 4.78 is 24.7. The van der Waals surface area contributed by atoms with E-state index in [9.17, 15) is 14.0 Å². The maximum atomic E-state index is 12.8. The molecule has 2 rings (SSSR count). The van der Waals surface area contributed by atoms with E-state index in [-0.39, 0.29) is 6.61 Å². The van der Waals surface area contributed by atoms with Gasteiger partial charge in [0.1, 0.15) is 11.6 Å². The maximum absolute atomic E-state index is 12.8. The summed E-state index contributed by atoms with van der Waals surface area (Å²) in [7, 11) is 1.77. The smallest absolute Gasteiger partial charge is 0.344 e. The van der Waals surface area contributed by atoms with Gasteiger partial charge in [0.05, 0.1) is 17.1 Å². The summed E-state index contributed by atoms with van der Waals surface area (Å²) in [4.78, 5) is 23.9. The second-order valence-electron chi connectivity index (χ2n) is 5.53. The zero-order valence-corrected chi connectivity index (χ0v) is 14.5. The minimum absolute atomic E-state index is 0.331. The Morgan fingerprint density at radius 3 is 2.48 bits per heavy atom. The van der Waals surface area contributed by atoms with Crippen LogP contribution in [0.3, 0.4) is 0 Å². The van der Waals surface area contributed by atoms with E-state index in [4.69, 9.17) is 9.47 Å². The SMILES string of the molecule is Cc1nn(C)c(C)c1NC(=O)[C@H](C)OC(=O)COc1ccc(F)cc1. The molecule has 1 heterocycles. The third-order valence-electron chi connectivity index (χ3n) is 3.60. The van der Waals surface area contributed by atoms with E-state index in [1.807, 2.05) is 6.92 Å². The van der Waals surface area contributed by atoms with Gasteiger partial charge in [0, 0.05) is 7.05 Å². The molecule has 134 valence electrons. The highest BCUT2D eigenvalue weighted by molar-refractivity contribution is 5.96. The zero-order chi connectivity index (χ0) is 18.6. The van der Waals surface area contributed by atoms with E-state index in [0.717, 1.165) is 5.69 Å². The van der Waals surface area contributed by atoms with Crippen molar-refractivity contribution in [2.75, 3.05) is 11.9 Å². The number of hydrogen-bond acceptors (Lipinski definition) is 5. The third-order valence-corrected chi connectivity index (χ3v) is 3.60. The lowest BCUT2D eigenvalue weighted by Crippen LogP contribution is -2.32.